The lowest BCUT2D eigenvalue weighted by Crippen LogP contribution is -2.38. The van der Waals surface area contributed by atoms with Gasteiger partial charge in [-0.1, -0.05) is 13.3 Å². The summed E-state index contributed by atoms with van der Waals surface area (Å²) in [6.07, 6.45) is 2.77. The minimum Gasteiger partial charge on any atom is -0.497 e. The second-order valence-electron chi connectivity index (χ2n) is 5.48. The number of ether oxygens (including phenoxy) is 2. The molecule has 2 rings (SSSR count). The van der Waals surface area contributed by atoms with E-state index < -0.39 is 0 Å². The fraction of sp³-hybridized carbons (Fsp3) is 0.562. The maximum atomic E-state index is 12.7. The largest absolute Gasteiger partial charge is 0.497 e. The van der Waals surface area contributed by atoms with E-state index in [4.69, 9.17) is 9.47 Å². The van der Waals surface area contributed by atoms with Crippen LogP contribution in [0.4, 0.5) is 5.69 Å². The summed E-state index contributed by atoms with van der Waals surface area (Å²) in [4.78, 5) is 12.7. The Morgan fingerprint density at radius 2 is 2.19 bits per heavy atom. The molecule has 1 heterocycles. The molecule has 116 valence electrons. The number of carbonyl (C=O) groups is 1. The molecule has 1 aliphatic rings. The minimum atomic E-state index is -0.306. The highest BCUT2D eigenvalue weighted by atomic mass is 16.5. The normalized spacial score (nSPS) is 21.1. The minimum absolute atomic E-state index is 0.0674. The summed E-state index contributed by atoms with van der Waals surface area (Å²) >= 11 is 0. The zero-order chi connectivity index (χ0) is 15.3. The predicted octanol–water partition coefficient (Wildman–Crippen LogP) is 2.42. The lowest BCUT2D eigenvalue weighted by Gasteiger charge is -2.27. The van der Waals surface area contributed by atoms with Crippen molar-refractivity contribution in [1.82, 2.24) is 5.32 Å². The van der Waals surface area contributed by atoms with Gasteiger partial charge in [-0.2, -0.15) is 0 Å². The van der Waals surface area contributed by atoms with Crippen LogP contribution < -0.4 is 20.1 Å². The standard InChI is InChI=1S/C16H24N2O3/c1-4-7-16(8-9-17-11-16)15(19)18-13-6-5-12(20-2)10-14(13)21-3/h5-6,10,17H,4,7-9,11H2,1-3H3,(H,18,19). The highest BCUT2D eigenvalue weighted by molar-refractivity contribution is 5.97. The van der Waals surface area contributed by atoms with E-state index in [1.807, 2.05) is 12.1 Å². The van der Waals surface area contributed by atoms with Crippen molar-refractivity contribution in [3.8, 4) is 11.5 Å². The molecule has 0 spiro atoms. The van der Waals surface area contributed by atoms with Crippen molar-refractivity contribution in [3.63, 3.8) is 0 Å². The van der Waals surface area contributed by atoms with Crippen molar-refractivity contribution in [2.45, 2.75) is 26.2 Å². The quantitative estimate of drug-likeness (QED) is 0.845. The zero-order valence-electron chi connectivity index (χ0n) is 13.0. The first kappa shape index (κ1) is 15.6. The third-order valence-corrected chi connectivity index (χ3v) is 4.11. The molecule has 1 amide bonds. The summed E-state index contributed by atoms with van der Waals surface area (Å²) in [7, 11) is 3.19. The second-order valence-corrected chi connectivity index (χ2v) is 5.48. The summed E-state index contributed by atoms with van der Waals surface area (Å²) in [6, 6.07) is 5.41. The molecule has 0 saturated carbocycles. The van der Waals surface area contributed by atoms with Gasteiger partial charge in [0.2, 0.25) is 5.91 Å². The Balaban J connectivity index is 2.18. The summed E-state index contributed by atoms with van der Waals surface area (Å²) in [5, 5.41) is 6.32. The number of nitrogens with one attached hydrogen (secondary N) is 2. The summed E-state index contributed by atoms with van der Waals surface area (Å²) in [5.74, 6) is 1.38. The Labute approximate surface area is 126 Å². The van der Waals surface area contributed by atoms with Crippen molar-refractivity contribution >= 4 is 11.6 Å². The molecule has 1 saturated heterocycles. The first-order chi connectivity index (χ1) is 10.1. The number of hydrogen-bond donors (Lipinski definition) is 2. The van der Waals surface area contributed by atoms with E-state index in [0.717, 1.165) is 32.4 Å². The van der Waals surface area contributed by atoms with E-state index in [0.29, 0.717) is 17.2 Å². The molecule has 1 fully saturated rings. The number of hydrogen-bond acceptors (Lipinski definition) is 4. The van der Waals surface area contributed by atoms with Gasteiger partial charge in [-0.3, -0.25) is 4.79 Å². The van der Waals surface area contributed by atoms with Gasteiger partial charge >= 0.3 is 0 Å². The first-order valence-electron chi connectivity index (χ1n) is 7.39. The summed E-state index contributed by atoms with van der Waals surface area (Å²) < 4.78 is 10.5. The molecule has 1 aliphatic heterocycles. The third-order valence-electron chi connectivity index (χ3n) is 4.11. The molecule has 0 bridgehead atoms. The molecule has 5 heteroatoms. The molecule has 5 nitrogen and oxygen atoms in total. The van der Waals surface area contributed by atoms with Crippen LogP contribution in [0.2, 0.25) is 0 Å². The van der Waals surface area contributed by atoms with Crippen LogP contribution in [0.3, 0.4) is 0 Å². The van der Waals surface area contributed by atoms with Crippen LogP contribution in [0.1, 0.15) is 26.2 Å². The molecule has 1 aromatic rings. The number of rotatable bonds is 6. The number of amides is 1. The zero-order valence-corrected chi connectivity index (χ0v) is 13.0. The van der Waals surface area contributed by atoms with Crippen LogP contribution >= 0.6 is 0 Å². The van der Waals surface area contributed by atoms with E-state index in [-0.39, 0.29) is 11.3 Å². The molecule has 0 aliphatic carbocycles. The highest BCUT2D eigenvalue weighted by Crippen LogP contribution is 2.35. The van der Waals surface area contributed by atoms with E-state index in [9.17, 15) is 4.79 Å². The molecule has 0 radical (unpaired) electrons. The SMILES string of the molecule is CCCC1(C(=O)Nc2ccc(OC)cc2OC)CCNC1. The third kappa shape index (κ3) is 3.29. The molecule has 1 atom stereocenters. The summed E-state index contributed by atoms with van der Waals surface area (Å²) in [6.45, 7) is 3.75. The lowest BCUT2D eigenvalue weighted by atomic mass is 9.81. The Morgan fingerprint density at radius 3 is 2.76 bits per heavy atom. The summed E-state index contributed by atoms with van der Waals surface area (Å²) in [5.41, 5.74) is 0.380. The van der Waals surface area contributed by atoms with Gasteiger partial charge < -0.3 is 20.1 Å². The van der Waals surface area contributed by atoms with Crippen molar-refractivity contribution < 1.29 is 14.3 Å². The van der Waals surface area contributed by atoms with Gasteiger partial charge in [0.1, 0.15) is 11.5 Å². The topological polar surface area (TPSA) is 59.6 Å². The lowest BCUT2D eigenvalue weighted by molar-refractivity contribution is -0.125. The Bertz CT molecular complexity index is 496. The van der Waals surface area contributed by atoms with Crippen LogP contribution in [0.15, 0.2) is 18.2 Å². The first-order valence-corrected chi connectivity index (χ1v) is 7.39. The number of methoxy groups -OCH3 is 2. The smallest absolute Gasteiger partial charge is 0.232 e. The molecule has 2 N–H and O–H groups in total. The van der Waals surface area contributed by atoms with Crippen LogP contribution in [0.25, 0.3) is 0 Å². The van der Waals surface area contributed by atoms with Crippen LogP contribution in [-0.2, 0) is 4.79 Å². The van der Waals surface area contributed by atoms with Crippen LogP contribution in [0, 0.1) is 5.41 Å². The molecule has 0 aromatic heterocycles. The monoisotopic (exact) mass is 292 g/mol. The predicted molar refractivity (Wildman–Crippen MR) is 83.0 cm³/mol. The van der Waals surface area contributed by atoms with Crippen molar-refractivity contribution in [3.05, 3.63) is 18.2 Å². The van der Waals surface area contributed by atoms with Gasteiger partial charge in [0, 0.05) is 12.6 Å². The Hall–Kier alpha value is -1.75. The number of carbonyl (C=O) groups excluding carboxylic acids is 1. The van der Waals surface area contributed by atoms with Gasteiger partial charge in [-0.15, -0.1) is 0 Å². The van der Waals surface area contributed by atoms with E-state index in [2.05, 4.69) is 17.6 Å². The van der Waals surface area contributed by atoms with Gasteiger partial charge in [0.05, 0.1) is 25.3 Å². The Kier molecular flexibility index (Phi) is 5.07. The number of benzene rings is 1. The molecule has 21 heavy (non-hydrogen) atoms. The maximum Gasteiger partial charge on any atom is 0.232 e. The molecule has 1 unspecified atom stereocenters. The fourth-order valence-corrected chi connectivity index (χ4v) is 2.90. The highest BCUT2D eigenvalue weighted by Gasteiger charge is 2.40. The van der Waals surface area contributed by atoms with Crippen molar-refractivity contribution in [1.29, 1.82) is 0 Å². The van der Waals surface area contributed by atoms with Gasteiger partial charge in [0.25, 0.3) is 0 Å². The van der Waals surface area contributed by atoms with E-state index >= 15 is 0 Å². The van der Waals surface area contributed by atoms with Crippen molar-refractivity contribution in [2.75, 3.05) is 32.6 Å². The average Bonchev–Trinajstić information content (AvgIpc) is 2.98. The van der Waals surface area contributed by atoms with E-state index in [1.54, 1.807) is 20.3 Å². The average molecular weight is 292 g/mol. The molecular formula is C16H24N2O3. The Morgan fingerprint density at radius 1 is 1.38 bits per heavy atom. The van der Waals surface area contributed by atoms with Gasteiger partial charge in [-0.05, 0) is 31.5 Å². The maximum absolute atomic E-state index is 12.7. The molecular weight excluding hydrogens is 268 g/mol. The van der Waals surface area contributed by atoms with E-state index in [1.165, 1.54) is 0 Å². The fourth-order valence-electron chi connectivity index (χ4n) is 2.90. The van der Waals surface area contributed by atoms with Gasteiger partial charge in [-0.25, -0.2) is 0 Å². The van der Waals surface area contributed by atoms with Crippen LogP contribution in [0.5, 0.6) is 11.5 Å². The van der Waals surface area contributed by atoms with Crippen LogP contribution in [-0.4, -0.2) is 33.2 Å². The molecule has 1 aromatic carbocycles. The van der Waals surface area contributed by atoms with Gasteiger partial charge in [0.15, 0.2) is 0 Å². The number of anilines is 1. The van der Waals surface area contributed by atoms with Crippen molar-refractivity contribution in [2.24, 2.45) is 5.41 Å². The second kappa shape index (κ2) is 6.80.